The van der Waals surface area contributed by atoms with Crippen LogP contribution < -0.4 is 5.32 Å². The van der Waals surface area contributed by atoms with Crippen molar-refractivity contribution in [2.75, 3.05) is 26.2 Å². The Hall–Kier alpha value is -0.860. The molecule has 2 heterocycles. The van der Waals surface area contributed by atoms with E-state index >= 15 is 0 Å². The molecule has 1 unspecified atom stereocenters. The van der Waals surface area contributed by atoms with Crippen LogP contribution in [0.1, 0.15) is 29.5 Å². The average Bonchev–Trinajstić information content (AvgIpc) is 2.94. The summed E-state index contributed by atoms with van der Waals surface area (Å²) < 4.78 is 0. The molecule has 2 aliphatic rings. The van der Waals surface area contributed by atoms with Gasteiger partial charge in [0.25, 0.3) is 0 Å². The van der Waals surface area contributed by atoms with Gasteiger partial charge in [0.2, 0.25) is 0 Å². The van der Waals surface area contributed by atoms with E-state index in [1.807, 2.05) is 0 Å². The summed E-state index contributed by atoms with van der Waals surface area (Å²) in [5.41, 5.74) is 4.91. The smallest absolute Gasteiger partial charge is 0.0236 e. The largest absolute Gasteiger partial charge is 0.316 e. The van der Waals surface area contributed by atoms with Crippen molar-refractivity contribution in [3.8, 4) is 0 Å². The highest BCUT2D eigenvalue weighted by Gasteiger charge is 2.40. The van der Waals surface area contributed by atoms with Crippen LogP contribution in [0.15, 0.2) is 18.2 Å². The van der Waals surface area contributed by atoms with Crippen molar-refractivity contribution in [3.63, 3.8) is 0 Å². The lowest BCUT2D eigenvalue weighted by atomic mass is 9.86. The predicted octanol–water partition coefficient (Wildman–Crippen LogP) is 2.49. The van der Waals surface area contributed by atoms with Gasteiger partial charge in [0.1, 0.15) is 0 Å². The van der Waals surface area contributed by atoms with Crippen LogP contribution in [-0.4, -0.2) is 31.1 Å². The lowest BCUT2D eigenvalue weighted by molar-refractivity contribution is 0.268. The second kappa shape index (κ2) is 4.67. The van der Waals surface area contributed by atoms with E-state index in [0.717, 1.165) is 6.54 Å². The number of hydrogen-bond acceptors (Lipinski definition) is 2. The number of nitrogens with zero attached hydrogens (tertiary/aromatic N) is 1. The molecule has 18 heavy (non-hydrogen) atoms. The molecule has 2 heteroatoms. The molecule has 2 fully saturated rings. The number of hydrogen-bond donors (Lipinski definition) is 1. The molecule has 1 N–H and O–H groups in total. The quantitative estimate of drug-likeness (QED) is 0.860. The van der Waals surface area contributed by atoms with E-state index in [0.29, 0.717) is 5.41 Å². The Morgan fingerprint density at radius 2 is 2.17 bits per heavy atom. The van der Waals surface area contributed by atoms with Crippen LogP contribution in [0.5, 0.6) is 0 Å². The molecule has 2 nitrogen and oxygen atoms in total. The molecule has 1 aromatic rings. The van der Waals surface area contributed by atoms with Gasteiger partial charge in [0.15, 0.2) is 0 Å². The Balaban J connectivity index is 1.67. The standard InChI is InChI=1S/C16H24N2/c1-13-3-4-15(14(2)9-13)10-18-8-6-16(12-18)5-7-17-11-16/h3-4,9,17H,5-8,10-12H2,1-2H3. The maximum atomic E-state index is 3.53. The molecule has 2 saturated heterocycles. The molecule has 1 aromatic carbocycles. The zero-order valence-electron chi connectivity index (χ0n) is 11.6. The first-order valence-corrected chi connectivity index (χ1v) is 7.16. The molecule has 0 amide bonds. The molecule has 0 aliphatic carbocycles. The summed E-state index contributed by atoms with van der Waals surface area (Å²) in [4.78, 5) is 2.64. The van der Waals surface area contributed by atoms with Crippen LogP contribution in [0.3, 0.4) is 0 Å². The summed E-state index contributed by atoms with van der Waals surface area (Å²) in [7, 11) is 0. The van der Waals surface area contributed by atoms with Crippen molar-refractivity contribution in [2.24, 2.45) is 5.41 Å². The van der Waals surface area contributed by atoms with E-state index < -0.39 is 0 Å². The zero-order chi connectivity index (χ0) is 12.6. The van der Waals surface area contributed by atoms with Gasteiger partial charge in [-0.2, -0.15) is 0 Å². The van der Waals surface area contributed by atoms with Crippen LogP contribution in [-0.2, 0) is 6.54 Å². The summed E-state index contributed by atoms with van der Waals surface area (Å²) >= 11 is 0. The van der Waals surface area contributed by atoms with Crippen LogP contribution in [0.4, 0.5) is 0 Å². The van der Waals surface area contributed by atoms with E-state index in [-0.39, 0.29) is 0 Å². The molecule has 1 spiro atoms. The van der Waals surface area contributed by atoms with Crippen LogP contribution >= 0.6 is 0 Å². The summed E-state index contributed by atoms with van der Waals surface area (Å²) in [5.74, 6) is 0. The minimum atomic E-state index is 0.596. The van der Waals surface area contributed by atoms with Crippen LogP contribution in [0, 0.1) is 19.3 Å². The first kappa shape index (κ1) is 12.2. The monoisotopic (exact) mass is 244 g/mol. The number of benzene rings is 1. The third-order valence-electron chi connectivity index (χ3n) is 4.74. The summed E-state index contributed by atoms with van der Waals surface area (Å²) in [6, 6.07) is 6.85. The number of nitrogens with one attached hydrogen (secondary N) is 1. The molecule has 0 bridgehead atoms. The normalized spacial score (nSPS) is 28.3. The Morgan fingerprint density at radius 1 is 1.28 bits per heavy atom. The molecule has 2 aliphatic heterocycles. The fourth-order valence-corrected chi connectivity index (χ4v) is 3.57. The minimum absolute atomic E-state index is 0.596. The molecule has 98 valence electrons. The van der Waals surface area contributed by atoms with Gasteiger partial charge in [-0.3, -0.25) is 4.90 Å². The summed E-state index contributed by atoms with van der Waals surface area (Å²) in [6.45, 7) is 10.6. The first-order valence-electron chi connectivity index (χ1n) is 7.16. The zero-order valence-corrected chi connectivity index (χ0v) is 11.6. The third kappa shape index (κ3) is 2.32. The van der Waals surface area contributed by atoms with Gasteiger partial charge in [-0.15, -0.1) is 0 Å². The van der Waals surface area contributed by atoms with Crippen molar-refractivity contribution in [2.45, 2.75) is 33.2 Å². The average molecular weight is 244 g/mol. The van der Waals surface area contributed by atoms with Crippen molar-refractivity contribution >= 4 is 0 Å². The molecule has 1 atom stereocenters. The Morgan fingerprint density at radius 3 is 2.89 bits per heavy atom. The van der Waals surface area contributed by atoms with E-state index in [2.05, 4.69) is 42.3 Å². The number of likely N-dealkylation sites (tertiary alicyclic amines) is 1. The Kier molecular flexibility index (Phi) is 3.16. The second-order valence-corrected chi connectivity index (χ2v) is 6.32. The third-order valence-corrected chi connectivity index (χ3v) is 4.74. The van der Waals surface area contributed by atoms with E-state index in [4.69, 9.17) is 0 Å². The Bertz CT molecular complexity index is 433. The highest BCUT2D eigenvalue weighted by molar-refractivity contribution is 5.30. The van der Waals surface area contributed by atoms with Gasteiger partial charge >= 0.3 is 0 Å². The van der Waals surface area contributed by atoms with E-state index in [1.54, 1.807) is 0 Å². The summed E-state index contributed by atoms with van der Waals surface area (Å²) in [6.07, 6.45) is 2.75. The molecule has 0 aromatic heterocycles. The van der Waals surface area contributed by atoms with Gasteiger partial charge in [-0.25, -0.2) is 0 Å². The van der Waals surface area contributed by atoms with E-state index in [9.17, 15) is 0 Å². The lowest BCUT2D eigenvalue weighted by Gasteiger charge is -2.23. The molecule has 0 radical (unpaired) electrons. The van der Waals surface area contributed by atoms with Crippen LogP contribution in [0.2, 0.25) is 0 Å². The minimum Gasteiger partial charge on any atom is -0.316 e. The molecular weight excluding hydrogens is 220 g/mol. The van der Waals surface area contributed by atoms with Crippen molar-refractivity contribution in [1.82, 2.24) is 10.2 Å². The maximum Gasteiger partial charge on any atom is 0.0236 e. The fourth-order valence-electron chi connectivity index (χ4n) is 3.57. The number of aryl methyl sites for hydroxylation is 2. The molecule has 0 saturated carbocycles. The molecular formula is C16H24N2. The fraction of sp³-hybridized carbons (Fsp3) is 0.625. The maximum absolute atomic E-state index is 3.53. The second-order valence-electron chi connectivity index (χ2n) is 6.32. The van der Waals surface area contributed by atoms with Crippen molar-refractivity contribution in [1.29, 1.82) is 0 Å². The van der Waals surface area contributed by atoms with Gasteiger partial charge in [-0.1, -0.05) is 23.8 Å². The first-order chi connectivity index (χ1) is 8.67. The van der Waals surface area contributed by atoms with Gasteiger partial charge in [-0.05, 0) is 56.3 Å². The predicted molar refractivity (Wildman–Crippen MR) is 75.7 cm³/mol. The van der Waals surface area contributed by atoms with Gasteiger partial charge in [0.05, 0.1) is 0 Å². The molecule has 3 rings (SSSR count). The number of rotatable bonds is 2. The van der Waals surface area contributed by atoms with Crippen LogP contribution in [0.25, 0.3) is 0 Å². The van der Waals surface area contributed by atoms with Crippen molar-refractivity contribution in [3.05, 3.63) is 34.9 Å². The van der Waals surface area contributed by atoms with E-state index in [1.165, 1.54) is 55.7 Å². The topological polar surface area (TPSA) is 15.3 Å². The van der Waals surface area contributed by atoms with Gasteiger partial charge in [0, 0.05) is 19.6 Å². The Labute approximate surface area is 110 Å². The SMILES string of the molecule is Cc1ccc(CN2CCC3(CCNC3)C2)c(C)c1. The van der Waals surface area contributed by atoms with Gasteiger partial charge < -0.3 is 5.32 Å². The summed E-state index contributed by atoms with van der Waals surface area (Å²) in [5, 5.41) is 3.53. The lowest BCUT2D eigenvalue weighted by Crippen LogP contribution is -2.29. The highest BCUT2D eigenvalue weighted by atomic mass is 15.2. The highest BCUT2D eigenvalue weighted by Crippen LogP contribution is 2.36. The van der Waals surface area contributed by atoms with Crippen molar-refractivity contribution < 1.29 is 0 Å².